The molecule has 0 aliphatic rings. The first-order chi connectivity index (χ1) is 7.22. The Bertz CT molecular complexity index is 419. The maximum atomic E-state index is 6.04. The van der Waals surface area contributed by atoms with Gasteiger partial charge in [-0.05, 0) is 40.5 Å². The van der Waals surface area contributed by atoms with Crippen LogP contribution in [0.25, 0.3) is 0 Å². The number of nitrogens with one attached hydrogen (secondary N) is 1. The first-order valence-electron chi connectivity index (χ1n) is 4.37. The van der Waals surface area contributed by atoms with Crippen molar-refractivity contribution in [2.24, 2.45) is 0 Å². The van der Waals surface area contributed by atoms with Crippen molar-refractivity contribution < 1.29 is 0 Å². The van der Waals surface area contributed by atoms with E-state index in [9.17, 15) is 0 Å². The average molecular weight is 323 g/mol. The number of thiophene rings is 2. The molecule has 1 nitrogen and oxygen atoms in total. The van der Waals surface area contributed by atoms with Crippen LogP contribution in [0.15, 0.2) is 28.1 Å². The molecule has 0 aliphatic heterocycles. The van der Waals surface area contributed by atoms with Gasteiger partial charge in [-0.1, -0.05) is 17.7 Å². The molecule has 0 aromatic carbocycles. The summed E-state index contributed by atoms with van der Waals surface area (Å²) in [6.07, 6.45) is 0. The van der Waals surface area contributed by atoms with E-state index in [-0.39, 0.29) is 6.04 Å². The molecule has 5 heteroatoms. The van der Waals surface area contributed by atoms with Gasteiger partial charge in [-0.25, -0.2) is 0 Å². The van der Waals surface area contributed by atoms with Crippen LogP contribution in [0.2, 0.25) is 4.34 Å². The predicted molar refractivity (Wildman–Crippen MR) is 72.3 cm³/mol. The van der Waals surface area contributed by atoms with Crippen LogP contribution in [0.3, 0.4) is 0 Å². The topological polar surface area (TPSA) is 12.0 Å². The van der Waals surface area contributed by atoms with Crippen LogP contribution < -0.4 is 5.32 Å². The molecular formula is C10H9BrClNS2. The molecule has 2 rings (SSSR count). The molecule has 0 saturated carbocycles. The van der Waals surface area contributed by atoms with E-state index >= 15 is 0 Å². The highest BCUT2D eigenvalue weighted by atomic mass is 79.9. The Morgan fingerprint density at radius 3 is 2.73 bits per heavy atom. The summed E-state index contributed by atoms with van der Waals surface area (Å²) in [5, 5.41) is 5.39. The Morgan fingerprint density at radius 2 is 2.27 bits per heavy atom. The van der Waals surface area contributed by atoms with Crippen molar-refractivity contribution in [1.82, 2.24) is 5.32 Å². The summed E-state index contributed by atoms with van der Waals surface area (Å²) in [5.74, 6) is 0. The van der Waals surface area contributed by atoms with Gasteiger partial charge in [-0.15, -0.1) is 22.7 Å². The van der Waals surface area contributed by atoms with Crippen molar-refractivity contribution in [2.45, 2.75) is 6.04 Å². The molecule has 1 atom stereocenters. The van der Waals surface area contributed by atoms with Gasteiger partial charge in [-0.2, -0.15) is 0 Å². The average Bonchev–Trinajstić information content (AvgIpc) is 2.80. The third-order valence-corrected chi connectivity index (χ3v) is 5.54. The van der Waals surface area contributed by atoms with E-state index < -0.39 is 0 Å². The fraction of sp³-hybridized carbons (Fsp3) is 0.200. The third-order valence-electron chi connectivity index (χ3n) is 2.07. The van der Waals surface area contributed by atoms with E-state index in [0.717, 1.165) is 8.81 Å². The molecule has 80 valence electrons. The smallest absolute Gasteiger partial charge is 0.107 e. The molecule has 0 amide bonds. The van der Waals surface area contributed by atoms with Crippen LogP contribution in [-0.2, 0) is 0 Å². The van der Waals surface area contributed by atoms with E-state index in [1.165, 1.54) is 9.75 Å². The molecule has 0 bridgehead atoms. The fourth-order valence-corrected chi connectivity index (χ4v) is 4.18. The van der Waals surface area contributed by atoms with Gasteiger partial charge in [0.15, 0.2) is 0 Å². The van der Waals surface area contributed by atoms with E-state index in [2.05, 4.69) is 44.8 Å². The highest BCUT2D eigenvalue weighted by Gasteiger charge is 2.16. The molecule has 1 unspecified atom stereocenters. The lowest BCUT2D eigenvalue weighted by Crippen LogP contribution is -2.14. The van der Waals surface area contributed by atoms with E-state index in [1.807, 2.05) is 7.05 Å². The van der Waals surface area contributed by atoms with Gasteiger partial charge in [0.25, 0.3) is 0 Å². The predicted octanol–water partition coefficient (Wildman–Crippen LogP) is 4.53. The monoisotopic (exact) mass is 321 g/mol. The number of halogens is 2. The summed E-state index contributed by atoms with van der Waals surface area (Å²) in [5.41, 5.74) is 0. The largest absolute Gasteiger partial charge is 0.308 e. The Morgan fingerprint density at radius 1 is 1.47 bits per heavy atom. The van der Waals surface area contributed by atoms with Crippen LogP contribution in [0, 0.1) is 0 Å². The normalized spacial score (nSPS) is 13.0. The standard InChI is InChI=1S/C10H9BrClNS2/c1-13-9(7-3-2-4-14-7)8-5-6(11)10(12)15-8/h2-5,9,13H,1H3. The van der Waals surface area contributed by atoms with Gasteiger partial charge >= 0.3 is 0 Å². The highest BCUT2D eigenvalue weighted by molar-refractivity contribution is 9.10. The molecule has 1 N–H and O–H groups in total. The Hall–Kier alpha value is 0.130. The quantitative estimate of drug-likeness (QED) is 0.875. The van der Waals surface area contributed by atoms with Crippen LogP contribution >= 0.6 is 50.2 Å². The van der Waals surface area contributed by atoms with Gasteiger partial charge < -0.3 is 5.32 Å². The van der Waals surface area contributed by atoms with Gasteiger partial charge in [0.05, 0.1) is 6.04 Å². The second-order valence-electron chi connectivity index (χ2n) is 3.01. The maximum absolute atomic E-state index is 6.04. The second-order valence-corrected chi connectivity index (χ2v) is 6.53. The summed E-state index contributed by atoms with van der Waals surface area (Å²) in [7, 11) is 1.96. The lowest BCUT2D eigenvalue weighted by Gasteiger charge is -2.11. The molecule has 15 heavy (non-hydrogen) atoms. The Balaban J connectivity index is 2.35. The lowest BCUT2D eigenvalue weighted by molar-refractivity contribution is 0.716. The zero-order valence-corrected chi connectivity index (χ0v) is 11.9. The zero-order chi connectivity index (χ0) is 10.8. The van der Waals surface area contributed by atoms with Crippen LogP contribution in [0.5, 0.6) is 0 Å². The first-order valence-corrected chi connectivity index (χ1v) is 7.24. The molecule has 0 radical (unpaired) electrons. The molecular weight excluding hydrogens is 314 g/mol. The molecule has 2 aromatic heterocycles. The molecule has 0 spiro atoms. The van der Waals surface area contributed by atoms with Crippen molar-refractivity contribution in [3.8, 4) is 0 Å². The van der Waals surface area contributed by atoms with Crippen molar-refractivity contribution in [3.63, 3.8) is 0 Å². The van der Waals surface area contributed by atoms with E-state index in [4.69, 9.17) is 11.6 Å². The molecule has 2 aromatic rings. The molecule has 0 aliphatic carbocycles. The molecule has 0 saturated heterocycles. The van der Waals surface area contributed by atoms with Crippen LogP contribution in [0.4, 0.5) is 0 Å². The summed E-state index contributed by atoms with van der Waals surface area (Å²) in [6, 6.07) is 6.52. The number of hydrogen-bond donors (Lipinski definition) is 1. The number of rotatable bonds is 3. The minimum atomic E-state index is 0.249. The minimum absolute atomic E-state index is 0.249. The summed E-state index contributed by atoms with van der Waals surface area (Å²) in [4.78, 5) is 2.54. The highest BCUT2D eigenvalue weighted by Crippen LogP contribution is 2.38. The van der Waals surface area contributed by atoms with Crippen molar-refractivity contribution in [1.29, 1.82) is 0 Å². The summed E-state index contributed by atoms with van der Waals surface area (Å²) >= 11 is 12.8. The number of hydrogen-bond acceptors (Lipinski definition) is 3. The Kier molecular flexibility index (Phi) is 3.85. The van der Waals surface area contributed by atoms with Crippen LogP contribution in [-0.4, -0.2) is 7.05 Å². The van der Waals surface area contributed by atoms with Crippen molar-refractivity contribution >= 4 is 50.2 Å². The second kappa shape index (κ2) is 4.97. The minimum Gasteiger partial charge on any atom is -0.308 e. The summed E-state index contributed by atoms with van der Waals surface area (Å²) in [6.45, 7) is 0. The third kappa shape index (κ3) is 2.45. The van der Waals surface area contributed by atoms with Gasteiger partial charge in [0, 0.05) is 14.2 Å². The van der Waals surface area contributed by atoms with Gasteiger partial charge in [0.1, 0.15) is 4.34 Å². The Labute approximate surface area is 110 Å². The van der Waals surface area contributed by atoms with E-state index in [1.54, 1.807) is 22.7 Å². The van der Waals surface area contributed by atoms with Crippen molar-refractivity contribution in [3.05, 3.63) is 42.1 Å². The maximum Gasteiger partial charge on any atom is 0.107 e. The first kappa shape index (κ1) is 11.6. The van der Waals surface area contributed by atoms with Crippen LogP contribution in [0.1, 0.15) is 15.8 Å². The molecule has 0 fully saturated rings. The summed E-state index contributed by atoms with van der Waals surface area (Å²) < 4.78 is 1.78. The van der Waals surface area contributed by atoms with Gasteiger partial charge in [0.2, 0.25) is 0 Å². The van der Waals surface area contributed by atoms with E-state index in [0.29, 0.717) is 0 Å². The lowest BCUT2D eigenvalue weighted by atomic mass is 10.2. The van der Waals surface area contributed by atoms with Gasteiger partial charge in [-0.3, -0.25) is 0 Å². The fourth-order valence-electron chi connectivity index (χ4n) is 1.39. The zero-order valence-electron chi connectivity index (χ0n) is 7.96. The van der Waals surface area contributed by atoms with Crippen molar-refractivity contribution in [2.75, 3.05) is 7.05 Å². The SMILES string of the molecule is CNC(c1cccs1)c1cc(Br)c(Cl)s1. The molecule has 2 heterocycles.